The third-order valence-corrected chi connectivity index (χ3v) is 4.51. The van der Waals surface area contributed by atoms with Crippen LogP contribution in [0.1, 0.15) is 27.7 Å². The molecule has 0 aliphatic rings. The first kappa shape index (κ1) is 14.7. The molecule has 0 saturated heterocycles. The number of rotatable bonds is 3. The lowest BCUT2D eigenvalue weighted by molar-refractivity contribution is -0.115. The molecule has 0 fully saturated rings. The third kappa shape index (κ3) is 3.84. The van der Waals surface area contributed by atoms with E-state index in [-0.39, 0.29) is 5.91 Å². The van der Waals surface area contributed by atoms with Crippen molar-refractivity contribution < 1.29 is 9.00 Å². The highest BCUT2D eigenvalue weighted by Crippen LogP contribution is 2.18. The molecule has 1 aromatic carbocycles. The minimum absolute atomic E-state index is 0.256. The Balaban J connectivity index is 2.75. The van der Waals surface area contributed by atoms with Crippen molar-refractivity contribution in [2.24, 2.45) is 0 Å². The van der Waals surface area contributed by atoms with Crippen molar-refractivity contribution in [3.05, 3.63) is 24.3 Å². The average molecular weight is 268 g/mol. The van der Waals surface area contributed by atoms with Gasteiger partial charge in [0.15, 0.2) is 0 Å². The van der Waals surface area contributed by atoms with E-state index >= 15 is 0 Å². The first-order chi connectivity index (χ1) is 8.21. The Morgan fingerprint density at radius 1 is 1.39 bits per heavy atom. The van der Waals surface area contributed by atoms with Crippen LogP contribution in [0.2, 0.25) is 0 Å². The standard InChI is InChI=1S/C13H20N2O2S/c1-9(18(17)13(2,3)4)12(16)15-11-7-5-6-10(14)8-11/h5-9H,14H2,1-4H3,(H,15,16). The fourth-order valence-electron chi connectivity index (χ4n) is 1.49. The van der Waals surface area contributed by atoms with E-state index in [9.17, 15) is 9.00 Å². The number of carbonyl (C=O) groups is 1. The van der Waals surface area contributed by atoms with Crippen LogP contribution >= 0.6 is 0 Å². The third-order valence-electron chi connectivity index (χ3n) is 2.45. The Labute approximate surface area is 110 Å². The number of carbonyl (C=O) groups excluding carboxylic acids is 1. The largest absolute Gasteiger partial charge is 0.399 e. The van der Waals surface area contributed by atoms with Crippen LogP contribution in [0.25, 0.3) is 0 Å². The zero-order valence-corrected chi connectivity index (χ0v) is 12.0. The molecule has 0 saturated carbocycles. The normalized spacial score (nSPS) is 14.9. The number of anilines is 2. The van der Waals surface area contributed by atoms with Gasteiger partial charge in [0, 0.05) is 26.9 Å². The van der Waals surface area contributed by atoms with Gasteiger partial charge in [0.2, 0.25) is 5.91 Å². The van der Waals surface area contributed by atoms with Gasteiger partial charge in [-0.15, -0.1) is 0 Å². The number of hydrogen-bond donors (Lipinski definition) is 2. The number of hydrogen-bond acceptors (Lipinski definition) is 3. The molecule has 0 aliphatic carbocycles. The molecular formula is C13H20N2O2S. The zero-order valence-electron chi connectivity index (χ0n) is 11.2. The molecule has 0 spiro atoms. The first-order valence-electron chi connectivity index (χ1n) is 5.79. The van der Waals surface area contributed by atoms with Crippen molar-refractivity contribution in [2.45, 2.75) is 37.7 Å². The lowest BCUT2D eigenvalue weighted by Crippen LogP contribution is -2.37. The minimum Gasteiger partial charge on any atom is -0.399 e. The van der Waals surface area contributed by atoms with Crippen molar-refractivity contribution in [1.82, 2.24) is 0 Å². The number of benzene rings is 1. The van der Waals surface area contributed by atoms with Crippen molar-refractivity contribution >= 4 is 28.1 Å². The molecule has 0 aliphatic heterocycles. The molecule has 0 heterocycles. The average Bonchev–Trinajstić information content (AvgIpc) is 2.25. The molecule has 0 bridgehead atoms. The topological polar surface area (TPSA) is 72.2 Å². The van der Waals surface area contributed by atoms with Gasteiger partial charge >= 0.3 is 0 Å². The maximum Gasteiger partial charge on any atom is 0.239 e. The molecule has 100 valence electrons. The summed E-state index contributed by atoms with van der Waals surface area (Å²) in [6.07, 6.45) is 0. The lowest BCUT2D eigenvalue weighted by Gasteiger charge is -2.22. The summed E-state index contributed by atoms with van der Waals surface area (Å²) in [5.74, 6) is -0.256. The molecule has 1 aromatic rings. The van der Waals surface area contributed by atoms with E-state index in [4.69, 9.17) is 5.73 Å². The summed E-state index contributed by atoms with van der Waals surface area (Å²) >= 11 is 0. The Morgan fingerprint density at radius 2 is 2.00 bits per heavy atom. The van der Waals surface area contributed by atoms with E-state index in [2.05, 4.69) is 5.32 Å². The van der Waals surface area contributed by atoms with Crippen LogP contribution < -0.4 is 11.1 Å². The molecule has 4 nitrogen and oxygen atoms in total. The first-order valence-corrected chi connectivity index (χ1v) is 7.00. The fourth-order valence-corrected chi connectivity index (χ4v) is 2.80. The Kier molecular flexibility index (Phi) is 4.51. The van der Waals surface area contributed by atoms with Gasteiger partial charge in [-0.25, -0.2) is 0 Å². The van der Waals surface area contributed by atoms with Crippen LogP contribution in [0.15, 0.2) is 24.3 Å². The van der Waals surface area contributed by atoms with Crippen molar-refractivity contribution in [3.8, 4) is 0 Å². The van der Waals surface area contributed by atoms with Gasteiger partial charge in [-0.1, -0.05) is 6.07 Å². The summed E-state index contributed by atoms with van der Waals surface area (Å²) in [5.41, 5.74) is 6.83. The molecule has 0 radical (unpaired) electrons. The molecular weight excluding hydrogens is 248 g/mol. The summed E-state index contributed by atoms with van der Waals surface area (Å²) in [6, 6.07) is 6.92. The Bertz CT molecular complexity index is 466. The zero-order chi connectivity index (χ0) is 13.9. The second-order valence-corrected chi connectivity index (χ2v) is 7.69. The molecule has 18 heavy (non-hydrogen) atoms. The van der Waals surface area contributed by atoms with Crippen LogP contribution in [0, 0.1) is 0 Å². The van der Waals surface area contributed by atoms with Gasteiger partial charge in [0.25, 0.3) is 0 Å². The van der Waals surface area contributed by atoms with Gasteiger partial charge in [0.1, 0.15) is 5.25 Å². The van der Waals surface area contributed by atoms with Crippen molar-refractivity contribution in [1.29, 1.82) is 0 Å². The van der Waals surface area contributed by atoms with Crippen molar-refractivity contribution in [2.75, 3.05) is 11.1 Å². The maximum atomic E-state index is 12.1. The monoisotopic (exact) mass is 268 g/mol. The van der Waals surface area contributed by atoms with Gasteiger partial charge in [-0.2, -0.15) is 0 Å². The van der Waals surface area contributed by atoms with E-state index in [0.29, 0.717) is 11.4 Å². The molecule has 1 rings (SSSR count). The smallest absolute Gasteiger partial charge is 0.239 e. The van der Waals surface area contributed by atoms with Gasteiger partial charge < -0.3 is 11.1 Å². The summed E-state index contributed by atoms with van der Waals surface area (Å²) in [6.45, 7) is 7.23. The lowest BCUT2D eigenvalue weighted by atomic mass is 10.2. The number of nitrogens with one attached hydrogen (secondary N) is 1. The van der Waals surface area contributed by atoms with E-state index in [0.717, 1.165) is 0 Å². The highest BCUT2D eigenvalue weighted by atomic mass is 32.2. The Hall–Kier alpha value is -1.36. The molecule has 1 amide bonds. The van der Waals surface area contributed by atoms with E-state index < -0.39 is 20.8 Å². The van der Waals surface area contributed by atoms with E-state index in [1.54, 1.807) is 31.2 Å². The minimum atomic E-state index is -1.23. The predicted molar refractivity (Wildman–Crippen MR) is 76.8 cm³/mol. The van der Waals surface area contributed by atoms with E-state index in [1.165, 1.54) is 0 Å². The number of amides is 1. The SMILES string of the molecule is CC(C(=O)Nc1cccc(N)c1)S(=O)C(C)(C)C. The quantitative estimate of drug-likeness (QED) is 0.825. The summed E-state index contributed by atoms with van der Waals surface area (Å²) in [7, 11) is -1.23. The van der Waals surface area contributed by atoms with Crippen LogP contribution in [-0.4, -0.2) is 20.1 Å². The van der Waals surface area contributed by atoms with Crippen LogP contribution in [-0.2, 0) is 15.6 Å². The molecule has 2 unspecified atom stereocenters. The number of nitrogen functional groups attached to an aromatic ring is 1. The molecule has 2 atom stereocenters. The van der Waals surface area contributed by atoms with Crippen molar-refractivity contribution in [3.63, 3.8) is 0 Å². The molecule has 3 N–H and O–H groups in total. The van der Waals surface area contributed by atoms with Gasteiger partial charge in [-0.3, -0.25) is 9.00 Å². The van der Waals surface area contributed by atoms with Crippen LogP contribution in [0.3, 0.4) is 0 Å². The van der Waals surface area contributed by atoms with Crippen LogP contribution in [0.5, 0.6) is 0 Å². The highest BCUT2D eigenvalue weighted by Gasteiger charge is 2.29. The van der Waals surface area contributed by atoms with E-state index in [1.807, 2.05) is 20.8 Å². The number of nitrogens with two attached hydrogens (primary N) is 1. The summed E-state index contributed by atoms with van der Waals surface area (Å²) < 4.78 is 11.7. The van der Waals surface area contributed by atoms with Gasteiger partial charge in [0.05, 0.1) is 0 Å². The summed E-state index contributed by atoms with van der Waals surface area (Å²) in [4.78, 5) is 12.0. The molecule has 0 aromatic heterocycles. The second kappa shape index (κ2) is 5.52. The Morgan fingerprint density at radius 3 is 2.50 bits per heavy atom. The highest BCUT2D eigenvalue weighted by molar-refractivity contribution is 7.87. The summed E-state index contributed by atoms with van der Waals surface area (Å²) in [5, 5.41) is 2.16. The maximum absolute atomic E-state index is 12.1. The van der Waals surface area contributed by atoms with Crippen LogP contribution in [0.4, 0.5) is 11.4 Å². The second-order valence-electron chi connectivity index (χ2n) is 5.17. The molecule has 5 heteroatoms. The fraction of sp³-hybridized carbons (Fsp3) is 0.462. The predicted octanol–water partition coefficient (Wildman–Crippen LogP) is 2.14. The van der Waals surface area contributed by atoms with Gasteiger partial charge in [-0.05, 0) is 45.9 Å².